The minimum atomic E-state index is -0.619. The van der Waals surface area contributed by atoms with Gasteiger partial charge in [0.1, 0.15) is 16.6 Å². The number of carbonyl (C=O) groups excluding carboxylic acids is 1. The minimum absolute atomic E-state index is 0.136. The zero-order valence-electron chi connectivity index (χ0n) is 15.9. The van der Waals surface area contributed by atoms with E-state index in [1.165, 1.54) is 35.6 Å². The maximum Gasteiger partial charge on any atom is 0.271 e. The lowest BCUT2D eigenvalue weighted by atomic mass is 10.2. The second-order valence-corrected chi connectivity index (χ2v) is 7.84. The molecule has 0 aliphatic rings. The summed E-state index contributed by atoms with van der Waals surface area (Å²) >= 11 is 7.44. The molecule has 9 nitrogen and oxygen atoms in total. The molecule has 0 bridgehead atoms. The van der Waals surface area contributed by atoms with Crippen LogP contribution in [0.15, 0.2) is 42.1 Å². The van der Waals surface area contributed by atoms with Crippen LogP contribution in [0.2, 0.25) is 5.02 Å². The molecule has 2 heterocycles. The molecule has 11 heteroatoms. The van der Waals surface area contributed by atoms with Crippen molar-refractivity contribution in [1.29, 1.82) is 5.26 Å². The Labute approximate surface area is 180 Å². The molecule has 0 radical (unpaired) electrons. The van der Waals surface area contributed by atoms with Crippen LogP contribution in [0.3, 0.4) is 0 Å². The van der Waals surface area contributed by atoms with E-state index in [1.807, 2.05) is 19.9 Å². The van der Waals surface area contributed by atoms with Crippen molar-refractivity contribution in [2.75, 3.05) is 5.32 Å². The lowest BCUT2D eigenvalue weighted by Gasteiger charge is -2.09. The summed E-state index contributed by atoms with van der Waals surface area (Å²) in [5.41, 5.74) is 0.691. The Balaban J connectivity index is 1.89. The van der Waals surface area contributed by atoms with Crippen LogP contribution >= 0.6 is 22.9 Å². The number of halogens is 1. The van der Waals surface area contributed by atoms with Gasteiger partial charge in [-0.05, 0) is 24.3 Å². The molecule has 3 aromatic rings. The molecule has 1 amide bonds. The van der Waals surface area contributed by atoms with E-state index in [2.05, 4.69) is 15.5 Å². The molecule has 1 N–H and O–H groups in total. The Morgan fingerprint density at radius 1 is 1.40 bits per heavy atom. The molecule has 1 aromatic carbocycles. The van der Waals surface area contributed by atoms with Gasteiger partial charge in [-0.3, -0.25) is 20.2 Å². The van der Waals surface area contributed by atoms with E-state index in [4.69, 9.17) is 11.6 Å². The summed E-state index contributed by atoms with van der Waals surface area (Å²) in [5, 5.41) is 32.1. The van der Waals surface area contributed by atoms with Crippen molar-refractivity contribution >= 4 is 45.7 Å². The number of rotatable bonds is 6. The molecular formula is C19H15ClN6O3S. The predicted octanol–water partition coefficient (Wildman–Crippen LogP) is 4.56. The third-order valence-electron chi connectivity index (χ3n) is 3.99. The first kappa shape index (κ1) is 21.2. The average molecular weight is 443 g/mol. The van der Waals surface area contributed by atoms with E-state index in [-0.39, 0.29) is 22.2 Å². The van der Waals surface area contributed by atoms with Crippen molar-refractivity contribution in [3.63, 3.8) is 0 Å². The second kappa shape index (κ2) is 8.86. The van der Waals surface area contributed by atoms with Gasteiger partial charge in [0.25, 0.3) is 11.6 Å². The maximum absolute atomic E-state index is 12.5. The lowest BCUT2D eigenvalue weighted by Crippen LogP contribution is -2.13. The highest BCUT2D eigenvalue weighted by molar-refractivity contribution is 7.15. The van der Waals surface area contributed by atoms with E-state index in [0.717, 1.165) is 5.01 Å². The topological polar surface area (TPSA) is 127 Å². The molecule has 0 spiro atoms. The normalized spacial score (nSPS) is 11.4. The number of nitro groups is 1. The van der Waals surface area contributed by atoms with Gasteiger partial charge in [0.15, 0.2) is 0 Å². The van der Waals surface area contributed by atoms with Crippen LogP contribution in [-0.2, 0) is 4.79 Å². The number of non-ortho nitro benzene ring substituents is 1. The highest BCUT2D eigenvalue weighted by Gasteiger charge is 2.16. The molecule has 2 aromatic heterocycles. The first-order chi connectivity index (χ1) is 14.3. The Morgan fingerprint density at radius 3 is 2.77 bits per heavy atom. The zero-order chi connectivity index (χ0) is 21.8. The Hall–Kier alpha value is -3.55. The number of nitro benzene ring substituents is 1. The highest BCUT2D eigenvalue weighted by atomic mass is 35.5. The Bertz CT molecular complexity index is 1190. The number of benzene rings is 1. The summed E-state index contributed by atoms with van der Waals surface area (Å²) in [4.78, 5) is 22.9. The largest absolute Gasteiger partial charge is 0.316 e. The quantitative estimate of drug-likeness (QED) is 0.258. The maximum atomic E-state index is 12.5. The van der Waals surface area contributed by atoms with Crippen molar-refractivity contribution in [2.45, 2.75) is 19.8 Å². The average Bonchev–Trinajstić information content (AvgIpc) is 3.35. The van der Waals surface area contributed by atoms with E-state index >= 15 is 0 Å². The van der Waals surface area contributed by atoms with E-state index in [0.29, 0.717) is 16.5 Å². The third-order valence-corrected chi connectivity index (χ3v) is 5.44. The van der Waals surface area contributed by atoms with Crippen LogP contribution < -0.4 is 5.32 Å². The van der Waals surface area contributed by atoms with E-state index < -0.39 is 10.8 Å². The van der Waals surface area contributed by atoms with Crippen LogP contribution in [0, 0.1) is 21.4 Å². The first-order valence-electron chi connectivity index (χ1n) is 8.68. The molecule has 0 atom stereocenters. The van der Waals surface area contributed by atoms with Crippen LogP contribution in [0.1, 0.15) is 30.5 Å². The standard InChI is InChI=1S/C19H15ClN6O3S/c1-11(2)18-23-24-19(30-18)22-17(27)12(10-21)8-13-4-3-7-25(13)16-6-5-14(26(28)29)9-15(16)20/h3-9,11H,1-2H3,(H,22,24,27)/b12-8-. The van der Waals surface area contributed by atoms with Crippen LogP contribution in [0.4, 0.5) is 10.8 Å². The monoisotopic (exact) mass is 442 g/mol. The van der Waals surface area contributed by atoms with Gasteiger partial charge in [-0.15, -0.1) is 10.2 Å². The third kappa shape index (κ3) is 4.53. The van der Waals surface area contributed by atoms with Gasteiger partial charge in [0.2, 0.25) is 5.13 Å². The molecule has 30 heavy (non-hydrogen) atoms. The summed E-state index contributed by atoms with van der Waals surface area (Å²) in [5.74, 6) is -0.444. The number of nitrogens with zero attached hydrogens (tertiary/aromatic N) is 5. The van der Waals surface area contributed by atoms with Crippen molar-refractivity contribution in [2.24, 2.45) is 0 Å². The summed E-state index contributed by atoms with van der Waals surface area (Å²) in [6.07, 6.45) is 3.07. The fourth-order valence-corrected chi connectivity index (χ4v) is 3.52. The SMILES string of the molecule is CC(C)c1nnc(NC(=O)/C(C#N)=C\c2cccn2-c2ccc([N+](=O)[O-])cc2Cl)s1. The van der Waals surface area contributed by atoms with Gasteiger partial charge in [0.05, 0.1) is 15.6 Å². The molecular weight excluding hydrogens is 428 g/mol. The predicted molar refractivity (Wildman–Crippen MR) is 114 cm³/mol. The zero-order valence-corrected chi connectivity index (χ0v) is 17.4. The van der Waals surface area contributed by atoms with Crippen molar-refractivity contribution in [1.82, 2.24) is 14.8 Å². The van der Waals surface area contributed by atoms with Gasteiger partial charge >= 0.3 is 0 Å². The lowest BCUT2D eigenvalue weighted by molar-refractivity contribution is -0.384. The van der Waals surface area contributed by atoms with E-state index in [9.17, 15) is 20.2 Å². The molecule has 152 valence electrons. The van der Waals surface area contributed by atoms with Crippen molar-refractivity contribution in [3.05, 3.63) is 67.9 Å². The Kier molecular flexibility index (Phi) is 6.25. The fraction of sp³-hybridized carbons (Fsp3) is 0.158. The molecule has 3 rings (SSSR count). The number of aromatic nitrogens is 3. The van der Waals surface area contributed by atoms with Crippen LogP contribution in [-0.4, -0.2) is 25.6 Å². The smallest absolute Gasteiger partial charge is 0.271 e. The van der Waals surface area contributed by atoms with Crippen molar-refractivity contribution in [3.8, 4) is 11.8 Å². The molecule has 0 fully saturated rings. The number of anilines is 1. The number of amides is 1. The van der Waals surface area contributed by atoms with Gasteiger partial charge < -0.3 is 4.57 Å². The van der Waals surface area contributed by atoms with Crippen molar-refractivity contribution < 1.29 is 9.72 Å². The molecule has 0 aliphatic carbocycles. The molecule has 0 unspecified atom stereocenters. The first-order valence-corrected chi connectivity index (χ1v) is 9.87. The van der Waals surface area contributed by atoms with Gasteiger partial charge in [-0.25, -0.2) is 0 Å². The van der Waals surface area contributed by atoms with Gasteiger partial charge in [-0.1, -0.05) is 36.8 Å². The Morgan fingerprint density at radius 2 is 2.17 bits per heavy atom. The molecule has 0 saturated carbocycles. The van der Waals surface area contributed by atoms with Crippen LogP contribution in [0.25, 0.3) is 11.8 Å². The summed E-state index contributed by atoms with van der Waals surface area (Å²) in [6.45, 7) is 3.93. The second-order valence-electron chi connectivity index (χ2n) is 6.42. The molecule has 0 aliphatic heterocycles. The van der Waals surface area contributed by atoms with Gasteiger partial charge in [-0.2, -0.15) is 5.26 Å². The highest BCUT2D eigenvalue weighted by Crippen LogP contribution is 2.28. The summed E-state index contributed by atoms with van der Waals surface area (Å²) in [6, 6.07) is 9.33. The number of hydrogen-bond acceptors (Lipinski definition) is 7. The summed E-state index contributed by atoms with van der Waals surface area (Å²) < 4.78 is 1.62. The van der Waals surface area contributed by atoms with Gasteiger partial charge in [0, 0.05) is 29.9 Å². The van der Waals surface area contributed by atoms with Crippen LogP contribution in [0.5, 0.6) is 0 Å². The minimum Gasteiger partial charge on any atom is -0.316 e. The number of nitriles is 1. The van der Waals surface area contributed by atoms with E-state index in [1.54, 1.807) is 22.9 Å². The molecule has 0 saturated heterocycles. The number of nitrogens with one attached hydrogen (secondary N) is 1. The number of carbonyl (C=O) groups is 1. The number of hydrogen-bond donors (Lipinski definition) is 1. The fourth-order valence-electron chi connectivity index (χ4n) is 2.52. The summed E-state index contributed by atoms with van der Waals surface area (Å²) in [7, 11) is 0.